The van der Waals surface area contributed by atoms with Gasteiger partial charge < -0.3 is 15.0 Å². The first-order chi connectivity index (χ1) is 46.1. The third-order valence-electron chi connectivity index (χ3n) is 14.0. The normalized spacial score (nSPS) is 9.76. The summed E-state index contributed by atoms with van der Waals surface area (Å²) in [5.41, 5.74) is 14.2. The van der Waals surface area contributed by atoms with Gasteiger partial charge in [0, 0.05) is 0 Å². The predicted molar refractivity (Wildman–Crippen MR) is 392 cm³/mol. The molecule has 3 radical (unpaired) electrons. The fraction of sp³-hybridized carbons (Fsp3) is 0. The van der Waals surface area contributed by atoms with Gasteiger partial charge in [-0.3, -0.25) is 0 Å². The molecular weight excluding hydrogens is 1380 g/mol. The van der Waals surface area contributed by atoms with E-state index in [1.54, 1.807) is 0 Å². The SMILES string of the molecule is [B](c1ccccc1)c1ccccc1.[Ni+2].[Ni+2].[Ni+2].[Se]c1ccccc1.[c-]1ccccc1-c1cccc(-c2[c-]cccc2)n1.[c-]1ccccc1-c1cccc(-c2[c-]cccc2)n1.[c-]1ccccc1-c1cccc(-c2[c-]cccc2)n1.c1ccc([Si](c2ccccc2)c2ccccc2)cc1. The zero-order chi connectivity index (χ0) is 63.6. The summed E-state index contributed by atoms with van der Waals surface area (Å²) in [7, 11) is 1.29. The Morgan fingerprint density at radius 3 is 0.604 bits per heavy atom. The van der Waals surface area contributed by atoms with E-state index >= 15 is 0 Å². The molecule has 0 aliphatic rings. The van der Waals surface area contributed by atoms with Crippen LogP contribution in [-0.2, 0) is 49.5 Å². The largest absolute Gasteiger partial charge is 0.345 e. The van der Waals surface area contributed by atoms with Gasteiger partial charge >= 0.3 is 100 Å². The van der Waals surface area contributed by atoms with Crippen molar-refractivity contribution < 1.29 is 49.5 Å². The van der Waals surface area contributed by atoms with Crippen LogP contribution in [0.4, 0.5) is 0 Å². The van der Waals surface area contributed by atoms with Crippen LogP contribution < -0.4 is 30.9 Å². The van der Waals surface area contributed by atoms with Crippen LogP contribution in [0.2, 0.25) is 0 Å². The van der Waals surface area contributed by atoms with Gasteiger partial charge in [0.25, 0.3) is 0 Å². The number of hydrogen-bond acceptors (Lipinski definition) is 3. The van der Waals surface area contributed by atoms with Crippen LogP contribution in [0.15, 0.2) is 382 Å². The van der Waals surface area contributed by atoms with Crippen LogP contribution in [-0.4, -0.2) is 47.0 Å². The van der Waals surface area contributed by atoms with Gasteiger partial charge in [-0.1, -0.05) is 233 Å². The maximum absolute atomic E-state index is 4.65. The van der Waals surface area contributed by atoms with Crippen molar-refractivity contribution in [2.75, 3.05) is 0 Å². The number of hydrogen-bond donors (Lipinski definition) is 0. The van der Waals surface area contributed by atoms with Crippen LogP contribution >= 0.6 is 0 Å². The Hall–Kier alpha value is -9.63. The summed E-state index contributed by atoms with van der Waals surface area (Å²) in [6.07, 6.45) is 0. The minimum Gasteiger partial charge on any atom is -0.345 e. The van der Waals surface area contributed by atoms with E-state index in [1.165, 1.54) is 30.9 Å². The summed E-state index contributed by atoms with van der Waals surface area (Å²) in [4.78, 5) is 14.0. The maximum Gasteiger partial charge on any atom is 0.154 e. The van der Waals surface area contributed by atoms with Crippen LogP contribution in [0, 0.1) is 36.4 Å². The molecular formula is C87H63BN3Ni3SeSi. The molecule has 0 saturated heterocycles. The summed E-state index contributed by atoms with van der Waals surface area (Å²) in [6, 6.07) is 148. The minimum atomic E-state index is -0.877. The van der Waals surface area contributed by atoms with Crippen molar-refractivity contribution in [3.63, 3.8) is 0 Å². The molecule has 0 unspecified atom stereocenters. The van der Waals surface area contributed by atoms with Gasteiger partial charge in [-0.05, 0) is 34.2 Å². The van der Waals surface area contributed by atoms with Crippen molar-refractivity contribution in [1.29, 1.82) is 0 Å². The van der Waals surface area contributed by atoms with E-state index in [4.69, 9.17) is 0 Å². The first-order valence-corrected chi connectivity index (χ1v) is 32.9. The molecule has 0 amide bonds. The van der Waals surface area contributed by atoms with E-state index in [2.05, 4.69) is 214 Å². The zero-order valence-electron chi connectivity index (χ0n) is 52.1. The van der Waals surface area contributed by atoms with Crippen molar-refractivity contribution >= 4 is 63.0 Å². The van der Waals surface area contributed by atoms with Crippen molar-refractivity contribution in [3.05, 3.63) is 419 Å². The van der Waals surface area contributed by atoms with Crippen molar-refractivity contribution in [1.82, 2.24) is 15.0 Å². The van der Waals surface area contributed by atoms with E-state index in [-0.39, 0.29) is 49.5 Å². The van der Waals surface area contributed by atoms with E-state index in [0.29, 0.717) is 0 Å². The van der Waals surface area contributed by atoms with Gasteiger partial charge in [0.1, 0.15) is 0 Å². The van der Waals surface area contributed by atoms with Crippen molar-refractivity contribution in [3.8, 4) is 67.5 Å². The monoisotopic (exact) mass is 1440 g/mol. The Bertz CT molecular complexity index is 3920. The average molecular weight is 1440 g/mol. The molecule has 0 atom stereocenters. The molecule has 0 saturated carbocycles. The minimum absolute atomic E-state index is 0. The van der Waals surface area contributed by atoms with E-state index in [0.717, 1.165) is 67.5 Å². The van der Waals surface area contributed by atoms with Gasteiger partial charge in [-0.25, -0.2) is 0 Å². The number of nitrogens with zero attached hydrogens (tertiary/aromatic N) is 3. The first kappa shape index (κ1) is 73.8. The van der Waals surface area contributed by atoms with Gasteiger partial charge in [0.2, 0.25) is 0 Å². The summed E-state index contributed by atoms with van der Waals surface area (Å²) in [5, 5.41) is 4.31. The second kappa shape index (κ2) is 41.9. The summed E-state index contributed by atoms with van der Waals surface area (Å²) < 4.78 is 1.20. The molecule has 0 aliphatic carbocycles. The third-order valence-corrected chi connectivity index (χ3v) is 17.3. The van der Waals surface area contributed by atoms with Crippen molar-refractivity contribution in [2.45, 2.75) is 0 Å². The predicted octanol–water partition coefficient (Wildman–Crippen LogP) is 16.1. The molecule has 469 valence electrons. The Kier molecular flexibility index (Phi) is 32.2. The van der Waals surface area contributed by atoms with Crippen LogP contribution in [0.5, 0.6) is 0 Å². The van der Waals surface area contributed by atoms with Crippen LogP contribution in [0.1, 0.15) is 0 Å². The summed E-state index contributed by atoms with van der Waals surface area (Å²) >= 11 is 2.90. The Balaban J connectivity index is 0.000000164. The van der Waals surface area contributed by atoms with Gasteiger partial charge in [-0.2, -0.15) is 0 Å². The second-order valence-corrected chi connectivity index (χ2v) is 24.1. The molecule has 3 nitrogen and oxygen atoms in total. The average Bonchev–Trinajstić information content (AvgIpc) is 2.46. The maximum atomic E-state index is 4.65. The molecule has 3 heterocycles. The van der Waals surface area contributed by atoms with Gasteiger partial charge in [-0.15, -0.1) is 215 Å². The Morgan fingerprint density at radius 2 is 0.417 bits per heavy atom. The molecule has 3 aromatic heterocycles. The molecule has 0 aliphatic heterocycles. The number of aromatic nitrogens is 3. The molecule has 0 spiro atoms. The van der Waals surface area contributed by atoms with Gasteiger partial charge in [0.15, 0.2) is 16.1 Å². The van der Waals surface area contributed by atoms with E-state index < -0.39 is 8.80 Å². The summed E-state index contributed by atoms with van der Waals surface area (Å²) in [5.74, 6) is 0. The Morgan fingerprint density at radius 1 is 0.219 bits per heavy atom. The molecule has 9 heteroatoms. The second-order valence-electron chi connectivity index (χ2n) is 20.6. The first-order valence-electron chi connectivity index (χ1n) is 30.5. The van der Waals surface area contributed by atoms with Crippen molar-refractivity contribution in [2.24, 2.45) is 0 Å². The molecule has 12 aromatic carbocycles. The van der Waals surface area contributed by atoms with Gasteiger partial charge in [0.05, 0.1) is 0 Å². The third kappa shape index (κ3) is 24.0. The number of pyridine rings is 3. The molecule has 0 fully saturated rings. The smallest absolute Gasteiger partial charge is 0.154 e. The fourth-order valence-corrected chi connectivity index (χ4v) is 12.5. The Labute approximate surface area is 608 Å². The number of rotatable bonds is 11. The molecule has 0 N–H and O–H groups in total. The zero-order valence-corrected chi connectivity index (χ0v) is 57.8. The standard InChI is InChI=1S/C18H15Si.3C17H11N.C12H10B.C6H5Se.3Ni/c1-4-10-16(11-5-1)19(17-12-6-2-7-13-17)18-14-8-3-9-15-18;3*1-3-8-14(9-4-1)16-12-7-13-17(18-16)15-10-5-2-6-11-15;1-3-7-11(8-4-1)13-12-9-5-2-6-10-12;7-6-4-2-1-3-5-6;;;/h1-15H;3*1-8,10,12-13H;1-10H;1-5H;;;/q;3*-2;;;3*+2. The van der Waals surface area contributed by atoms with E-state index in [9.17, 15) is 0 Å². The molecule has 15 aromatic rings. The topological polar surface area (TPSA) is 38.7 Å². The molecule has 15 rings (SSSR count). The summed E-state index contributed by atoms with van der Waals surface area (Å²) in [6.45, 7) is 0. The molecule has 96 heavy (non-hydrogen) atoms. The fourth-order valence-electron chi connectivity index (χ4n) is 9.55. The van der Waals surface area contributed by atoms with Crippen LogP contribution in [0.25, 0.3) is 67.5 Å². The van der Waals surface area contributed by atoms with Crippen LogP contribution in [0.3, 0.4) is 0 Å². The molecule has 0 bridgehead atoms. The van der Waals surface area contributed by atoms with E-state index in [1.807, 2.05) is 243 Å². The quantitative estimate of drug-likeness (QED) is 0.0736. The number of benzene rings is 12.